The Labute approximate surface area is 502 Å². The van der Waals surface area contributed by atoms with E-state index in [9.17, 15) is 57.9 Å². The van der Waals surface area contributed by atoms with Crippen molar-refractivity contribution in [2.45, 2.75) is 58.6 Å². The predicted octanol–water partition coefficient (Wildman–Crippen LogP) is 23.0. The van der Waals surface area contributed by atoms with Crippen LogP contribution in [0.4, 0.5) is 71.5 Å². The van der Waals surface area contributed by atoms with E-state index >= 15 is 13.2 Å². The average molecular weight is 1240 g/mol. The maximum Gasteiger partial charge on any atom is 0.416 e. The third-order valence-electron chi connectivity index (χ3n) is 15.9. The smallest absolute Gasteiger partial charge is 0.308 e. The number of aryl methyl sites for hydroxylation is 4. The molecule has 0 aliphatic rings. The number of hydrogen-bond donors (Lipinski definition) is 0. The second-order valence-corrected chi connectivity index (χ2v) is 22.3. The zero-order chi connectivity index (χ0) is 64.5. The Morgan fingerprint density at radius 3 is 0.989 bits per heavy atom. The standard InChI is InChI=1S/C71H41F15N4/c1-36-17-37(2)19-44(18-36)40-9-13-60-53(28-40)54-29-41(45-20-38(3)22-49(24-45)67(72,73)74)10-14-61(54)89(60)64-32-48(66-58(71(84,85)86)7-6-8-59(66)88-5)33-65(57(64)35-87)90-62-15-11-42(46-21-39(4)23-50(25-46)68(75,76)77)30-55(62)56-31-43(12-16-63(56)90)47-26-51(69(78,79)80)34-52(27-47)70(81,82)83/h6-34H,1-4H3. The first kappa shape index (κ1) is 60.0. The summed E-state index contributed by atoms with van der Waals surface area (Å²) >= 11 is 0. The monoisotopic (exact) mass is 1230 g/mol. The second-order valence-electron chi connectivity index (χ2n) is 22.3. The first-order chi connectivity index (χ1) is 42.3. The molecule has 90 heavy (non-hydrogen) atoms. The minimum atomic E-state index is -5.26. The summed E-state index contributed by atoms with van der Waals surface area (Å²) < 4.78 is 222. The van der Waals surface area contributed by atoms with Gasteiger partial charge >= 0.3 is 30.9 Å². The zero-order valence-electron chi connectivity index (χ0n) is 47.2. The second kappa shape index (κ2) is 21.2. The van der Waals surface area contributed by atoms with Gasteiger partial charge < -0.3 is 9.13 Å². The largest absolute Gasteiger partial charge is 0.416 e. The van der Waals surface area contributed by atoms with Crippen molar-refractivity contribution < 1.29 is 65.9 Å². The minimum absolute atomic E-state index is 0.0429. The first-order valence-corrected chi connectivity index (χ1v) is 27.4. The molecule has 0 aliphatic carbocycles. The Morgan fingerprint density at radius 1 is 0.344 bits per heavy atom. The van der Waals surface area contributed by atoms with E-state index in [4.69, 9.17) is 6.57 Å². The van der Waals surface area contributed by atoms with E-state index in [-0.39, 0.29) is 78.2 Å². The molecule has 4 nitrogen and oxygen atoms in total. The van der Waals surface area contributed by atoms with Gasteiger partial charge in [-0.05, 0) is 198 Å². The summed E-state index contributed by atoms with van der Waals surface area (Å²) in [4.78, 5) is 3.50. The molecule has 0 amide bonds. The van der Waals surface area contributed by atoms with Gasteiger partial charge in [0.2, 0.25) is 0 Å². The molecule has 0 N–H and O–H groups in total. The summed E-state index contributed by atoms with van der Waals surface area (Å²) in [6.45, 7) is 14.9. The highest BCUT2D eigenvalue weighted by Crippen LogP contribution is 2.49. The van der Waals surface area contributed by atoms with Crippen LogP contribution in [0.15, 0.2) is 176 Å². The molecule has 2 heterocycles. The van der Waals surface area contributed by atoms with Crippen LogP contribution in [0.1, 0.15) is 55.6 Å². The Balaban J connectivity index is 1.22. The SMILES string of the molecule is [C-]#[N+]c1cccc(C(F)(F)F)c1-c1cc(-n2c3ccc(-c4cc(C)cc(C)c4)cc3c3cc(-c4cc(C)cc(C(F)(F)F)c4)ccc32)c(C#N)c(-n2c3ccc(-c4cc(C)cc(C(F)(F)F)c4)cc3c3cc(-c4cc(C(F)(F)F)cc(C(F)(F)F)c4)ccc32)c1. The molecule has 12 rings (SSSR count). The van der Waals surface area contributed by atoms with Crippen molar-refractivity contribution in [3.05, 3.63) is 243 Å². The number of alkyl halides is 15. The van der Waals surface area contributed by atoms with Gasteiger partial charge in [0.05, 0.1) is 67.8 Å². The summed E-state index contributed by atoms with van der Waals surface area (Å²) in [6.07, 6.45) is -25.2. The fourth-order valence-corrected chi connectivity index (χ4v) is 12.2. The number of hydrogen-bond acceptors (Lipinski definition) is 1. The van der Waals surface area contributed by atoms with E-state index in [1.165, 1.54) is 73.0 Å². The number of halogens is 15. The topological polar surface area (TPSA) is 38.0 Å². The Kier molecular flexibility index (Phi) is 14.2. The molecule has 0 saturated carbocycles. The van der Waals surface area contributed by atoms with Gasteiger partial charge in [-0.15, -0.1) is 0 Å². The molecular formula is C71H41F15N4. The van der Waals surface area contributed by atoms with Crippen LogP contribution in [-0.2, 0) is 30.9 Å². The predicted molar refractivity (Wildman–Crippen MR) is 317 cm³/mol. The summed E-state index contributed by atoms with van der Waals surface area (Å²) in [5.74, 6) is 0. The molecule has 0 bridgehead atoms. The molecule has 10 aromatic carbocycles. The number of fused-ring (bicyclic) bond motifs is 6. The van der Waals surface area contributed by atoms with Crippen LogP contribution in [0.25, 0.3) is 115 Å². The van der Waals surface area contributed by atoms with E-state index in [0.717, 1.165) is 59.2 Å². The number of nitrogens with zero attached hydrogens (tertiary/aromatic N) is 4. The van der Waals surface area contributed by atoms with Gasteiger partial charge in [0.1, 0.15) is 11.6 Å². The van der Waals surface area contributed by atoms with E-state index < -0.39 is 75.5 Å². The lowest BCUT2D eigenvalue weighted by Gasteiger charge is -2.21. The average Bonchev–Trinajstić information content (AvgIpc) is 1.54. The first-order valence-electron chi connectivity index (χ1n) is 27.4. The molecule has 0 radical (unpaired) electrons. The third kappa shape index (κ3) is 10.8. The van der Waals surface area contributed by atoms with E-state index in [2.05, 4.69) is 10.9 Å². The van der Waals surface area contributed by atoms with Crippen molar-refractivity contribution in [2.75, 3.05) is 0 Å². The highest BCUT2D eigenvalue weighted by Gasteiger charge is 2.39. The summed E-state index contributed by atoms with van der Waals surface area (Å²) in [5, 5.41) is 12.9. The number of aromatic nitrogens is 2. The van der Waals surface area contributed by atoms with Gasteiger partial charge in [-0.3, -0.25) is 0 Å². The lowest BCUT2D eigenvalue weighted by Crippen LogP contribution is -2.11. The van der Waals surface area contributed by atoms with E-state index in [1.54, 1.807) is 41.0 Å². The van der Waals surface area contributed by atoms with Crippen LogP contribution in [0.3, 0.4) is 0 Å². The molecule has 0 atom stereocenters. The fourth-order valence-electron chi connectivity index (χ4n) is 12.2. The van der Waals surface area contributed by atoms with Crippen molar-refractivity contribution in [3.63, 3.8) is 0 Å². The van der Waals surface area contributed by atoms with Gasteiger partial charge in [-0.2, -0.15) is 71.1 Å². The van der Waals surface area contributed by atoms with Crippen LogP contribution in [-0.4, -0.2) is 9.13 Å². The quantitative estimate of drug-likeness (QED) is 0.116. The number of benzene rings is 10. The van der Waals surface area contributed by atoms with Gasteiger partial charge in [0.25, 0.3) is 0 Å². The van der Waals surface area contributed by atoms with Crippen LogP contribution < -0.4 is 0 Å². The highest BCUT2D eigenvalue weighted by atomic mass is 19.4. The molecule has 19 heteroatoms. The Morgan fingerprint density at radius 2 is 0.667 bits per heavy atom. The van der Waals surface area contributed by atoms with Crippen molar-refractivity contribution >= 4 is 49.3 Å². The van der Waals surface area contributed by atoms with Gasteiger partial charge in [-0.1, -0.05) is 83.9 Å². The normalized spacial score (nSPS) is 12.6. The Bertz CT molecular complexity index is 5020. The van der Waals surface area contributed by atoms with Gasteiger partial charge in [0, 0.05) is 21.5 Å². The minimum Gasteiger partial charge on any atom is -0.308 e. The maximum atomic E-state index is 15.5. The maximum absolute atomic E-state index is 15.5. The molecule has 450 valence electrons. The van der Waals surface area contributed by atoms with Crippen LogP contribution >= 0.6 is 0 Å². The Hall–Kier alpha value is -10.3. The summed E-state index contributed by atoms with van der Waals surface area (Å²) in [5.41, 5.74) is -3.72. The summed E-state index contributed by atoms with van der Waals surface area (Å²) in [6, 6.07) is 39.7. The molecule has 0 saturated heterocycles. The van der Waals surface area contributed by atoms with Gasteiger partial charge in [0.15, 0.2) is 5.69 Å². The fraction of sp³-hybridized carbons (Fsp3) is 0.127. The number of nitriles is 1. The highest BCUT2D eigenvalue weighted by molar-refractivity contribution is 6.14. The van der Waals surface area contributed by atoms with Crippen LogP contribution in [0.2, 0.25) is 0 Å². The molecular weight excluding hydrogens is 1190 g/mol. The molecule has 12 aromatic rings. The number of rotatable bonds is 7. The van der Waals surface area contributed by atoms with Crippen molar-refractivity contribution in [3.8, 4) is 73.1 Å². The molecule has 0 fully saturated rings. The molecule has 0 unspecified atom stereocenters. The third-order valence-corrected chi connectivity index (χ3v) is 15.9. The van der Waals surface area contributed by atoms with Crippen LogP contribution in [0.5, 0.6) is 0 Å². The van der Waals surface area contributed by atoms with Crippen LogP contribution in [0, 0.1) is 45.6 Å². The lowest BCUT2D eigenvalue weighted by molar-refractivity contribution is -0.143. The molecule has 0 spiro atoms. The van der Waals surface area contributed by atoms with Crippen molar-refractivity contribution in [1.82, 2.24) is 9.13 Å². The van der Waals surface area contributed by atoms with E-state index in [0.29, 0.717) is 50.6 Å². The van der Waals surface area contributed by atoms with Gasteiger partial charge in [-0.25, -0.2) is 4.85 Å². The molecule has 2 aromatic heterocycles. The summed E-state index contributed by atoms with van der Waals surface area (Å²) in [7, 11) is 0. The van der Waals surface area contributed by atoms with E-state index in [1.807, 2.05) is 38.1 Å². The molecule has 0 aliphatic heterocycles. The lowest BCUT2D eigenvalue weighted by atomic mass is 9.94. The van der Waals surface area contributed by atoms with Crippen molar-refractivity contribution in [1.29, 1.82) is 5.26 Å². The van der Waals surface area contributed by atoms with Crippen molar-refractivity contribution in [2.24, 2.45) is 0 Å². The zero-order valence-corrected chi connectivity index (χ0v) is 47.2.